The highest BCUT2D eigenvalue weighted by Crippen LogP contribution is 2.34. The van der Waals surface area contributed by atoms with Gasteiger partial charge in [0.25, 0.3) is 0 Å². The van der Waals surface area contributed by atoms with Crippen LogP contribution >= 0.6 is 0 Å². The lowest BCUT2D eigenvalue weighted by Gasteiger charge is -2.22. The minimum atomic E-state index is -0.128. The Morgan fingerprint density at radius 1 is 1.23 bits per heavy atom. The van der Waals surface area contributed by atoms with Crippen molar-refractivity contribution in [3.05, 3.63) is 28.8 Å². The first kappa shape index (κ1) is 18.5. The number of amides is 1. The second-order valence-electron chi connectivity index (χ2n) is 6.84. The van der Waals surface area contributed by atoms with E-state index in [0.29, 0.717) is 31.6 Å². The van der Waals surface area contributed by atoms with E-state index in [2.05, 4.69) is 26.1 Å². The van der Waals surface area contributed by atoms with Crippen LogP contribution in [0, 0.1) is 6.92 Å². The van der Waals surface area contributed by atoms with Gasteiger partial charge in [-0.15, -0.1) is 0 Å². The zero-order valence-corrected chi connectivity index (χ0v) is 14.2. The molecule has 0 saturated carbocycles. The van der Waals surface area contributed by atoms with Crippen LogP contribution in [0.5, 0.6) is 5.75 Å². The van der Waals surface area contributed by atoms with Gasteiger partial charge >= 0.3 is 0 Å². The predicted molar refractivity (Wildman–Crippen MR) is 89.2 cm³/mol. The highest BCUT2D eigenvalue weighted by Gasteiger charge is 2.20. The zero-order chi connectivity index (χ0) is 16.8. The Hall–Kier alpha value is -1.55. The van der Waals surface area contributed by atoms with Gasteiger partial charge in [-0.05, 0) is 48.3 Å². The Morgan fingerprint density at radius 2 is 1.91 bits per heavy atom. The van der Waals surface area contributed by atoms with Crippen LogP contribution in [0.1, 0.15) is 56.7 Å². The highest BCUT2D eigenvalue weighted by molar-refractivity contribution is 5.76. The Labute approximate surface area is 133 Å². The number of phenolic OH excluding ortho intramolecular Hbond substituents is 1. The molecule has 0 fully saturated rings. The van der Waals surface area contributed by atoms with Crippen LogP contribution in [0.15, 0.2) is 12.1 Å². The lowest BCUT2D eigenvalue weighted by molar-refractivity contribution is -0.121. The molecule has 124 valence electrons. The largest absolute Gasteiger partial charge is 0.507 e. The predicted octanol–water partition coefficient (Wildman–Crippen LogP) is 2.82. The summed E-state index contributed by atoms with van der Waals surface area (Å²) in [4.78, 5) is 11.8. The quantitative estimate of drug-likeness (QED) is 0.678. The third-order valence-corrected chi connectivity index (χ3v) is 3.72. The number of benzene rings is 1. The fourth-order valence-electron chi connectivity index (χ4n) is 2.38. The van der Waals surface area contributed by atoms with E-state index in [-0.39, 0.29) is 17.9 Å². The molecule has 0 aliphatic heterocycles. The first-order valence-electron chi connectivity index (χ1n) is 7.96. The lowest BCUT2D eigenvalue weighted by atomic mass is 9.83. The molecule has 0 aliphatic carbocycles. The number of carbonyl (C=O) groups is 1. The van der Waals surface area contributed by atoms with Crippen molar-refractivity contribution in [2.45, 2.75) is 58.8 Å². The van der Waals surface area contributed by atoms with Crippen LogP contribution in [0.3, 0.4) is 0 Å². The SMILES string of the molecule is Cc1cc(CCC(=O)NCCCCO)cc(C(C)(C)C)c1O. The highest BCUT2D eigenvalue weighted by atomic mass is 16.3. The molecule has 0 unspecified atom stereocenters. The average Bonchev–Trinajstić information content (AvgIpc) is 2.43. The maximum Gasteiger partial charge on any atom is 0.220 e. The van der Waals surface area contributed by atoms with Crippen molar-refractivity contribution in [2.24, 2.45) is 0 Å². The number of rotatable bonds is 7. The summed E-state index contributed by atoms with van der Waals surface area (Å²) in [7, 11) is 0. The van der Waals surface area contributed by atoms with Gasteiger partial charge in [0, 0.05) is 19.6 Å². The van der Waals surface area contributed by atoms with Crippen molar-refractivity contribution >= 4 is 5.91 Å². The van der Waals surface area contributed by atoms with Crippen LogP contribution < -0.4 is 5.32 Å². The van der Waals surface area contributed by atoms with Crippen molar-refractivity contribution < 1.29 is 15.0 Å². The summed E-state index contributed by atoms with van der Waals surface area (Å²) in [6.07, 6.45) is 2.62. The van der Waals surface area contributed by atoms with E-state index < -0.39 is 0 Å². The van der Waals surface area contributed by atoms with Crippen molar-refractivity contribution in [1.82, 2.24) is 5.32 Å². The molecule has 3 N–H and O–H groups in total. The first-order valence-corrected chi connectivity index (χ1v) is 7.96. The number of hydrogen-bond acceptors (Lipinski definition) is 3. The van der Waals surface area contributed by atoms with E-state index in [1.54, 1.807) is 0 Å². The number of nitrogens with one attached hydrogen (secondary N) is 1. The van der Waals surface area contributed by atoms with E-state index in [1.165, 1.54) is 0 Å². The lowest BCUT2D eigenvalue weighted by Crippen LogP contribution is -2.24. The molecule has 1 aromatic rings. The maximum absolute atomic E-state index is 11.8. The summed E-state index contributed by atoms with van der Waals surface area (Å²) < 4.78 is 0. The molecule has 4 nitrogen and oxygen atoms in total. The Balaban J connectivity index is 2.63. The molecule has 1 aromatic carbocycles. The van der Waals surface area contributed by atoms with Gasteiger partial charge in [0.2, 0.25) is 5.91 Å². The van der Waals surface area contributed by atoms with Gasteiger partial charge in [-0.25, -0.2) is 0 Å². The van der Waals surface area contributed by atoms with Gasteiger partial charge in [-0.3, -0.25) is 4.79 Å². The van der Waals surface area contributed by atoms with Gasteiger partial charge < -0.3 is 15.5 Å². The molecular formula is C18H29NO3. The maximum atomic E-state index is 11.8. The van der Waals surface area contributed by atoms with E-state index in [0.717, 1.165) is 23.1 Å². The minimum absolute atomic E-state index is 0.0287. The number of unbranched alkanes of at least 4 members (excludes halogenated alkanes) is 1. The molecule has 1 amide bonds. The van der Waals surface area contributed by atoms with Crippen molar-refractivity contribution in [2.75, 3.05) is 13.2 Å². The molecule has 22 heavy (non-hydrogen) atoms. The number of phenols is 1. The van der Waals surface area contributed by atoms with Crippen molar-refractivity contribution in [3.8, 4) is 5.75 Å². The van der Waals surface area contributed by atoms with Crippen LogP contribution in [-0.2, 0) is 16.6 Å². The molecule has 0 aliphatic rings. The molecule has 0 aromatic heterocycles. The number of aromatic hydroxyl groups is 1. The van der Waals surface area contributed by atoms with Gasteiger partial charge in [0.1, 0.15) is 5.75 Å². The molecule has 0 heterocycles. The fraction of sp³-hybridized carbons (Fsp3) is 0.611. The minimum Gasteiger partial charge on any atom is -0.507 e. The molecule has 4 heteroatoms. The zero-order valence-electron chi connectivity index (χ0n) is 14.2. The van der Waals surface area contributed by atoms with Crippen LogP contribution in [-0.4, -0.2) is 29.3 Å². The number of aryl methyl sites for hydroxylation is 2. The molecule has 1 rings (SSSR count). The van der Waals surface area contributed by atoms with Crippen LogP contribution in [0.25, 0.3) is 0 Å². The van der Waals surface area contributed by atoms with Gasteiger partial charge in [0.15, 0.2) is 0 Å². The molecular weight excluding hydrogens is 278 g/mol. The van der Waals surface area contributed by atoms with Gasteiger partial charge in [-0.2, -0.15) is 0 Å². The smallest absolute Gasteiger partial charge is 0.220 e. The second-order valence-corrected chi connectivity index (χ2v) is 6.84. The average molecular weight is 307 g/mol. The third kappa shape index (κ3) is 5.68. The van der Waals surface area contributed by atoms with Crippen molar-refractivity contribution in [3.63, 3.8) is 0 Å². The summed E-state index contributed by atoms with van der Waals surface area (Å²) in [5.74, 6) is 0.380. The monoisotopic (exact) mass is 307 g/mol. The number of aliphatic hydroxyl groups is 1. The summed E-state index contributed by atoms with van der Waals surface area (Å²) in [5.41, 5.74) is 2.72. The molecule has 0 bridgehead atoms. The summed E-state index contributed by atoms with van der Waals surface area (Å²) in [5, 5.41) is 21.8. The topological polar surface area (TPSA) is 69.6 Å². The Bertz CT molecular complexity index is 504. The summed E-state index contributed by atoms with van der Waals surface area (Å²) in [6, 6.07) is 3.95. The van der Waals surface area contributed by atoms with E-state index in [9.17, 15) is 9.90 Å². The van der Waals surface area contributed by atoms with E-state index >= 15 is 0 Å². The fourth-order valence-corrected chi connectivity index (χ4v) is 2.38. The van der Waals surface area contributed by atoms with Crippen LogP contribution in [0.2, 0.25) is 0 Å². The summed E-state index contributed by atoms with van der Waals surface area (Å²) >= 11 is 0. The number of hydrogen-bond donors (Lipinski definition) is 3. The van der Waals surface area contributed by atoms with E-state index in [4.69, 9.17) is 5.11 Å². The van der Waals surface area contributed by atoms with Crippen LogP contribution in [0.4, 0.5) is 0 Å². The Kier molecular flexibility index (Phi) is 6.88. The normalized spacial score (nSPS) is 11.5. The standard InChI is InChI=1S/C18H29NO3/c1-13-11-14(12-15(17(13)22)18(2,3)4)7-8-16(21)19-9-5-6-10-20/h11-12,20,22H,5-10H2,1-4H3,(H,19,21). The van der Waals surface area contributed by atoms with Crippen molar-refractivity contribution in [1.29, 1.82) is 0 Å². The summed E-state index contributed by atoms with van der Waals surface area (Å²) in [6.45, 7) is 8.87. The molecule has 0 spiro atoms. The van der Waals surface area contributed by atoms with E-state index in [1.807, 2.05) is 19.1 Å². The Morgan fingerprint density at radius 3 is 2.50 bits per heavy atom. The first-order chi connectivity index (χ1) is 10.3. The van der Waals surface area contributed by atoms with Gasteiger partial charge in [-0.1, -0.05) is 32.9 Å². The second kappa shape index (κ2) is 8.18. The number of carbonyl (C=O) groups excluding carboxylic acids is 1. The molecule has 0 saturated heterocycles. The molecule has 0 radical (unpaired) electrons. The van der Waals surface area contributed by atoms with Gasteiger partial charge in [0.05, 0.1) is 0 Å². The number of aliphatic hydroxyl groups excluding tert-OH is 1. The molecule has 0 atom stereocenters. The third-order valence-electron chi connectivity index (χ3n) is 3.72.